The van der Waals surface area contributed by atoms with Gasteiger partial charge in [-0.15, -0.1) is 0 Å². The highest BCUT2D eigenvalue weighted by atomic mass is 16.5. The average Bonchev–Trinajstić information content (AvgIpc) is 2.77. The van der Waals surface area contributed by atoms with Crippen LogP contribution in [0.4, 0.5) is 11.4 Å². The van der Waals surface area contributed by atoms with Crippen LogP contribution in [0.2, 0.25) is 0 Å². The first kappa shape index (κ1) is 21.9. The van der Waals surface area contributed by atoms with Gasteiger partial charge in [0.15, 0.2) is 6.10 Å². The molecule has 0 bridgehead atoms. The van der Waals surface area contributed by atoms with Gasteiger partial charge in [-0.2, -0.15) is 0 Å². The van der Waals surface area contributed by atoms with Crippen molar-refractivity contribution in [1.82, 2.24) is 0 Å². The molecular weight excluding hydrogens is 392 g/mol. The van der Waals surface area contributed by atoms with Crippen LogP contribution >= 0.6 is 0 Å². The van der Waals surface area contributed by atoms with Crippen LogP contribution in [0.15, 0.2) is 72.8 Å². The van der Waals surface area contributed by atoms with Crippen LogP contribution in [0.25, 0.3) is 0 Å². The molecule has 0 aromatic heterocycles. The van der Waals surface area contributed by atoms with E-state index in [0.29, 0.717) is 35.0 Å². The number of hydrogen-bond donors (Lipinski definition) is 2. The highest BCUT2D eigenvalue weighted by molar-refractivity contribution is 6.05. The number of carbonyl (C=O) groups excluding carboxylic acids is 2. The van der Waals surface area contributed by atoms with Gasteiger partial charge in [-0.3, -0.25) is 9.59 Å². The zero-order chi connectivity index (χ0) is 22.2. The maximum Gasteiger partial charge on any atom is 0.265 e. The third kappa shape index (κ3) is 6.09. The zero-order valence-electron chi connectivity index (χ0n) is 17.8. The van der Waals surface area contributed by atoms with Crippen molar-refractivity contribution in [2.24, 2.45) is 0 Å². The summed E-state index contributed by atoms with van der Waals surface area (Å²) >= 11 is 0. The summed E-state index contributed by atoms with van der Waals surface area (Å²) in [5.41, 5.74) is 2.91. The topological polar surface area (TPSA) is 76.7 Å². The van der Waals surface area contributed by atoms with E-state index < -0.39 is 6.10 Å². The van der Waals surface area contributed by atoms with Gasteiger partial charge in [0, 0.05) is 11.3 Å². The summed E-state index contributed by atoms with van der Waals surface area (Å²) in [6.45, 7) is 6.06. The quantitative estimate of drug-likeness (QED) is 0.537. The molecule has 3 rings (SSSR count). The summed E-state index contributed by atoms with van der Waals surface area (Å²) < 4.78 is 11.2. The van der Waals surface area contributed by atoms with Crippen molar-refractivity contribution in [1.29, 1.82) is 0 Å². The predicted molar refractivity (Wildman–Crippen MR) is 122 cm³/mol. The number of benzene rings is 3. The van der Waals surface area contributed by atoms with E-state index in [1.165, 1.54) is 0 Å². The fourth-order valence-electron chi connectivity index (χ4n) is 2.87. The fourth-order valence-corrected chi connectivity index (χ4v) is 2.87. The zero-order valence-corrected chi connectivity index (χ0v) is 17.8. The van der Waals surface area contributed by atoms with Crippen molar-refractivity contribution in [3.63, 3.8) is 0 Å². The predicted octanol–water partition coefficient (Wildman–Crippen LogP) is 5.05. The molecule has 3 aromatic rings. The number of nitrogens with one attached hydrogen (secondary N) is 2. The summed E-state index contributed by atoms with van der Waals surface area (Å²) in [6.07, 6.45) is -0.695. The lowest BCUT2D eigenvalue weighted by atomic mass is 10.2. The summed E-state index contributed by atoms with van der Waals surface area (Å²) in [5, 5.41) is 5.67. The van der Waals surface area contributed by atoms with Gasteiger partial charge in [-0.25, -0.2) is 0 Å². The lowest BCUT2D eigenvalue weighted by molar-refractivity contribution is -0.122. The van der Waals surface area contributed by atoms with Crippen LogP contribution in [0.1, 0.15) is 29.8 Å². The van der Waals surface area contributed by atoms with Gasteiger partial charge < -0.3 is 20.1 Å². The van der Waals surface area contributed by atoms with E-state index in [2.05, 4.69) is 10.6 Å². The number of carbonyl (C=O) groups is 2. The van der Waals surface area contributed by atoms with E-state index in [9.17, 15) is 9.59 Å². The Morgan fingerprint density at radius 1 is 0.903 bits per heavy atom. The summed E-state index contributed by atoms with van der Waals surface area (Å²) in [7, 11) is 0. The van der Waals surface area contributed by atoms with E-state index in [1.54, 1.807) is 43.3 Å². The molecule has 0 unspecified atom stereocenters. The van der Waals surface area contributed by atoms with Crippen molar-refractivity contribution in [2.45, 2.75) is 26.9 Å². The number of rotatable bonds is 8. The molecule has 160 valence electrons. The average molecular weight is 418 g/mol. The number of para-hydroxylation sites is 2. The van der Waals surface area contributed by atoms with E-state index >= 15 is 0 Å². The minimum Gasteiger partial charge on any atom is -0.492 e. The summed E-state index contributed by atoms with van der Waals surface area (Å²) in [4.78, 5) is 24.9. The monoisotopic (exact) mass is 418 g/mol. The first-order valence-electron chi connectivity index (χ1n) is 10.1. The van der Waals surface area contributed by atoms with E-state index in [-0.39, 0.29) is 11.8 Å². The molecule has 0 spiro atoms. The number of anilines is 2. The molecule has 0 aliphatic heterocycles. The molecule has 2 N–H and O–H groups in total. The second kappa shape index (κ2) is 10.3. The van der Waals surface area contributed by atoms with Crippen LogP contribution in [-0.2, 0) is 4.79 Å². The van der Waals surface area contributed by atoms with Crippen molar-refractivity contribution in [2.75, 3.05) is 17.2 Å². The molecular formula is C25H26N2O4. The molecule has 0 aliphatic rings. The minimum atomic E-state index is -0.695. The smallest absolute Gasteiger partial charge is 0.265 e. The Kier molecular flexibility index (Phi) is 7.27. The van der Waals surface area contributed by atoms with E-state index in [1.807, 2.05) is 50.2 Å². The second-order valence-corrected chi connectivity index (χ2v) is 7.02. The van der Waals surface area contributed by atoms with Gasteiger partial charge in [0.2, 0.25) is 0 Å². The van der Waals surface area contributed by atoms with E-state index in [4.69, 9.17) is 9.47 Å². The Bertz CT molecular complexity index is 1030. The number of aryl methyl sites for hydroxylation is 1. The third-order valence-corrected chi connectivity index (χ3v) is 4.55. The van der Waals surface area contributed by atoms with Crippen LogP contribution < -0.4 is 20.1 Å². The van der Waals surface area contributed by atoms with Crippen molar-refractivity contribution < 1.29 is 19.1 Å². The maximum absolute atomic E-state index is 12.6. The molecule has 0 aliphatic carbocycles. The molecule has 0 radical (unpaired) electrons. The Balaban J connectivity index is 1.58. The van der Waals surface area contributed by atoms with Crippen molar-refractivity contribution in [3.8, 4) is 11.5 Å². The van der Waals surface area contributed by atoms with E-state index in [0.717, 1.165) is 5.56 Å². The highest BCUT2D eigenvalue weighted by Crippen LogP contribution is 2.24. The Hall–Kier alpha value is -3.80. The molecule has 6 heteroatoms. The Morgan fingerprint density at radius 2 is 1.58 bits per heavy atom. The fraction of sp³-hybridized carbons (Fsp3) is 0.200. The molecule has 31 heavy (non-hydrogen) atoms. The molecule has 0 saturated carbocycles. The molecule has 1 atom stereocenters. The van der Waals surface area contributed by atoms with Crippen LogP contribution in [0.5, 0.6) is 11.5 Å². The number of amides is 2. The van der Waals surface area contributed by atoms with Gasteiger partial charge in [0.1, 0.15) is 11.5 Å². The van der Waals surface area contributed by atoms with Crippen molar-refractivity contribution >= 4 is 23.2 Å². The summed E-state index contributed by atoms with van der Waals surface area (Å²) in [6, 6.07) is 21.5. The van der Waals surface area contributed by atoms with Gasteiger partial charge in [0.25, 0.3) is 11.8 Å². The largest absolute Gasteiger partial charge is 0.492 e. The van der Waals surface area contributed by atoms with Gasteiger partial charge in [-0.05, 0) is 69.3 Å². The Morgan fingerprint density at radius 3 is 2.26 bits per heavy atom. The first-order valence-corrected chi connectivity index (χ1v) is 10.1. The van der Waals surface area contributed by atoms with Gasteiger partial charge in [0.05, 0.1) is 12.3 Å². The molecule has 6 nitrogen and oxygen atoms in total. The minimum absolute atomic E-state index is 0.252. The summed E-state index contributed by atoms with van der Waals surface area (Å²) in [5.74, 6) is 0.603. The molecule has 0 saturated heterocycles. The van der Waals surface area contributed by atoms with Crippen molar-refractivity contribution in [3.05, 3.63) is 83.9 Å². The number of ether oxygens (including phenoxy) is 2. The van der Waals surface area contributed by atoms with Gasteiger partial charge >= 0.3 is 0 Å². The van der Waals surface area contributed by atoms with Crippen LogP contribution in [0.3, 0.4) is 0 Å². The molecule has 0 heterocycles. The second-order valence-electron chi connectivity index (χ2n) is 7.02. The standard InChI is InChI=1S/C25H26N2O4/c1-4-30-23-8-6-5-7-22(23)27-25(29)19-11-15-21(16-12-19)31-18(3)24(28)26-20-13-9-17(2)10-14-20/h5-16,18H,4H2,1-3H3,(H,26,28)(H,27,29)/t18-/m0/s1. The normalized spacial score (nSPS) is 11.3. The lowest BCUT2D eigenvalue weighted by Crippen LogP contribution is -2.30. The molecule has 2 amide bonds. The maximum atomic E-state index is 12.6. The molecule has 3 aromatic carbocycles. The van der Waals surface area contributed by atoms with Crippen LogP contribution in [0, 0.1) is 6.92 Å². The van der Waals surface area contributed by atoms with Gasteiger partial charge in [-0.1, -0.05) is 29.8 Å². The Labute approximate surface area is 182 Å². The third-order valence-electron chi connectivity index (χ3n) is 4.55. The highest BCUT2D eigenvalue weighted by Gasteiger charge is 2.16. The molecule has 0 fully saturated rings. The SMILES string of the molecule is CCOc1ccccc1NC(=O)c1ccc(O[C@@H](C)C(=O)Nc2ccc(C)cc2)cc1. The first-order chi connectivity index (χ1) is 15.0. The lowest BCUT2D eigenvalue weighted by Gasteiger charge is -2.15. The number of hydrogen-bond acceptors (Lipinski definition) is 4. The van der Waals surface area contributed by atoms with Crippen LogP contribution in [-0.4, -0.2) is 24.5 Å².